The molecule has 0 unspecified atom stereocenters. The molecule has 0 radical (unpaired) electrons. The molecule has 9 heteroatoms. The van der Waals surface area contributed by atoms with Crippen molar-refractivity contribution in [1.29, 1.82) is 0 Å². The van der Waals surface area contributed by atoms with E-state index in [1.807, 2.05) is 22.9 Å². The molecule has 0 atom stereocenters. The number of thiophene rings is 2. The van der Waals surface area contributed by atoms with Gasteiger partial charge in [0.25, 0.3) is 5.56 Å². The van der Waals surface area contributed by atoms with Crippen molar-refractivity contribution in [2.75, 3.05) is 7.11 Å². The first-order valence-corrected chi connectivity index (χ1v) is 10.7. The van der Waals surface area contributed by atoms with Crippen molar-refractivity contribution in [2.45, 2.75) is 13.5 Å². The third kappa shape index (κ3) is 3.77. The van der Waals surface area contributed by atoms with Gasteiger partial charge < -0.3 is 9.47 Å². The molecule has 0 aliphatic heterocycles. The fourth-order valence-corrected chi connectivity index (χ4v) is 4.79. The summed E-state index contributed by atoms with van der Waals surface area (Å²) in [5.41, 5.74) is 0.890. The van der Waals surface area contributed by atoms with Gasteiger partial charge in [-0.1, -0.05) is 6.07 Å². The molecule has 0 spiro atoms. The van der Waals surface area contributed by atoms with Crippen LogP contribution in [0.25, 0.3) is 20.7 Å². The molecular formula is C21H16N2O5S2. The normalized spacial score (nSPS) is 10.9. The molecule has 7 nitrogen and oxygen atoms in total. The molecule has 1 aromatic carbocycles. The second kappa shape index (κ2) is 8.21. The first-order valence-electron chi connectivity index (χ1n) is 8.89. The minimum Gasteiger partial charge on any atom is -0.465 e. The smallest absolute Gasteiger partial charge is 0.337 e. The Hall–Kier alpha value is -3.30. The zero-order valence-electron chi connectivity index (χ0n) is 16.1. The average Bonchev–Trinajstić information content (AvgIpc) is 3.40. The second-order valence-electron chi connectivity index (χ2n) is 6.35. The van der Waals surface area contributed by atoms with Crippen LogP contribution in [0.3, 0.4) is 0 Å². The molecule has 0 N–H and O–H groups in total. The molecule has 152 valence electrons. The fourth-order valence-electron chi connectivity index (χ4n) is 2.99. The number of carbonyl (C=O) groups is 2. The van der Waals surface area contributed by atoms with Crippen molar-refractivity contribution < 1.29 is 19.1 Å². The lowest BCUT2D eigenvalue weighted by atomic mass is 10.2. The number of hydrogen-bond donors (Lipinski definition) is 0. The van der Waals surface area contributed by atoms with Gasteiger partial charge in [-0.3, -0.25) is 9.36 Å². The Morgan fingerprint density at radius 2 is 1.90 bits per heavy atom. The SMILES string of the molecule is COC(=O)c1ccc(OC(=O)Cn2c(C)nc3scc(-c4cccs4)c3c2=O)cc1. The molecule has 0 aliphatic rings. The molecular weight excluding hydrogens is 424 g/mol. The molecule has 0 saturated heterocycles. The molecule has 3 aromatic heterocycles. The summed E-state index contributed by atoms with van der Waals surface area (Å²) < 4.78 is 11.3. The van der Waals surface area contributed by atoms with Crippen molar-refractivity contribution in [3.8, 4) is 16.2 Å². The van der Waals surface area contributed by atoms with Crippen LogP contribution < -0.4 is 10.3 Å². The molecule has 0 aliphatic carbocycles. The lowest BCUT2D eigenvalue weighted by molar-refractivity contribution is -0.135. The zero-order chi connectivity index (χ0) is 21.3. The number of esters is 2. The predicted molar refractivity (Wildman–Crippen MR) is 115 cm³/mol. The highest BCUT2D eigenvalue weighted by Gasteiger charge is 2.18. The Labute approximate surface area is 179 Å². The minimum atomic E-state index is -0.611. The predicted octanol–water partition coefficient (Wildman–Crippen LogP) is 3.89. The molecule has 30 heavy (non-hydrogen) atoms. The Morgan fingerprint density at radius 3 is 2.57 bits per heavy atom. The number of methoxy groups -OCH3 is 1. The fraction of sp³-hybridized carbons (Fsp3) is 0.143. The van der Waals surface area contributed by atoms with Crippen molar-refractivity contribution in [3.63, 3.8) is 0 Å². The molecule has 0 amide bonds. The van der Waals surface area contributed by atoms with Gasteiger partial charge in [-0.05, 0) is 42.6 Å². The third-order valence-corrected chi connectivity index (χ3v) is 6.24. The van der Waals surface area contributed by atoms with Crippen LogP contribution in [-0.4, -0.2) is 28.6 Å². The Kier molecular flexibility index (Phi) is 5.47. The van der Waals surface area contributed by atoms with E-state index in [-0.39, 0.29) is 17.9 Å². The van der Waals surface area contributed by atoms with Gasteiger partial charge in [-0.25, -0.2) is 14.6 Å². The van der Waals surface area contributed by atoms with Gasteiger partial charge in [0.1, 0.15) is 22.9 Å². The van der Waals surface area contributed by atoms with Crippen molar-refractivity contribution >= 4 is 44.8 Å². The van der Waals surface area contributed by atoms with E-state index in [9.17, 15) is 14.4 Å². The summed E-state index contributed by atoms with van der Waals surface area (Å²) in [6.45, 7) is 1.41. The van der Waals surface area contributed by atoms with Crippen LogP contribution in [0.5, 0.6) is 5.75 Å². The number of hydrogen-bond acceptors (Lipinski definition) is 8. The highest BCUT2D eigenvalue weighted by Crippen LogP contribution is 2.33. The van der Waals surface area contributed by atoms with E-state index in [2.05, 4.69) is 9.72 Å². The van der Waals surface area contributed by atoms with Crippen LogP contribution in [-0.2, 0) is 16.1 Å². The summed E-state index contributed by atoms with van der Waals surface area (Å²) in [5.74, 6) is -0.390. The van der Waals surface area contributed by atoms with Gasteiger partial charge in [-0.15, -0.1) is 22.7 Å². The van der Waals surface area contributed by atoms with Crippen molar-refractivity contribution in [3.05, 3.63) is 68.9 Å². The lowest BCUT2D eigenvalue weighted by Gasteiger charge is -2.10. The molecule has 0 fully saturated rings. The number of ether oxygens (including phenoxy) is 2. The van der Waals surface area contributed by atoms with E-state index in [1.165, 1.54) is 47.3 Å². The van der Waals surface area contributed by atoms with Crippen LogP contribution in [0.1, 0.15) is 16.2 Å². The number of fused-ring (bicyclic) bond motifs is 1. The first-order chi connectivity index (χ1) is 14.5. The maximum atomic E-state index is 13.1. The Morgan fingerprint density at radius 1 is 1.13 bits per heavy atom. The van der Waals surface area contributed by atoms with Gasteiger partial charge in [-0.2, -0.15) is 0 Å². The van der Waals surface area contributed by atoms with Gasteiger partial charge in [0.2, 0.25) is 0 Å². The topological polar surface area (TPSA) is 87.5 Å². The van der Waals surface area contributed by atoms with E-state index in [0.29, 0.717) is 21.6 Å². The summed E-state index contributed by atoms with van der Waals surface area (Å²) in [6, 6.07) is 9.86. The second-order valence-corrected chi connectivity index (χ2v) is 8.15. The minimum absolute atomic E-state index is 0.266. The van der Waals surface area contributed by atoms with E-state index in [4.69, 9.17) is 4.74 Å². The molecule has 4 rings (SSSR count). The van der Waals surface area contributed by atoms with Crippen LogP contribution >= 0.6 is 22.7 Å². The van der Waals surface area contributed by atoms with Gasteiger partial charge in [0.15, 0.2) is 0 Å². The molecule has 3 heterocycles. The summed E-state index contributed by atoms with van der Waals surface area (Å²) in [6.07, 6.45) is 0. The quantitative estimate of drug-likeness (QED) is 0.346. The van der Waals surface area contributed by atoms with E-state index in [0.717, 1.165) is 10.4 Å². The average molecular weight is 441 g/mol. The van der Waals surface area contributed by atoms with Crippen LogP contribution in [0, 0.1) is 6.92 Å². The van der Waals surface area contributed by atoms with E-state index in [1.54, 1.807) is 18.3 Å². The molecule has 0 saturated carbocycles. The van der Waals surface area contributed by atoms with E-state index < -0.39 is 11.9 Å². The van der Waals surface area contributed by atoms with Gasteiger partial charge in [0.05, 0.1) is 18.1 Å². The largest absolute Gasteiger partial charge is 0.465 e. The summed E-state index contributed by atoms with van der Waals surface area (Å²) in [7, 11) is 1.29. The standard InChI is InChI=1S/C21H16N2O5S2/c1-12-22-19-18(15(11-30-19)16-4-3-9-29-16)20(25)23(12)10-17(24)28-14-7-5-13(6-8-14)21(26)27-2/h3-9,11H,10H2,1-2H3. The number of benzene rings is 1. The monoisotopic (exact) mass is 440 g/mol. The molecule has 4 aromatic rings. The van der Waals surface area contributed by atoms with Gasteiger partial charge in [0, 0.05) is 15.8 Å². The van der Waals surface area contributed by atoms with Crippen LogP contribution in [0.15, 0.2) is 52.0 Å². The van der Waals surface area contributed by atoms with Crippen LogP contribution in [0.2, 0.25) is 0 Å². The number of nitrogens with zero attached hydrogens (tertiary/aromatic N) is 2. The number of rotatable bonds is 5. The highest BCUT2D eigenvalue weighted by atomic mass is 32.1. The number of carbonyl (C=O) groups excluding carboxylic acids is 2. The Bertz CT molecular complexity index is 1290. The summed E-state index contributed by atoms with van der Waals surface area (Å²) >= 11 is 2.95. The highest BCUT2D eigenvalue weighted by molar-refractivity contribution is 7.18. The first kappa shape index (κ1) is 20.0. The summed E-state index contributed by atoms with van der Waals surface area (Å²) in [4.78, 5) is 43.2. The maximum absolute atomic E-state index is 13.1. The molecule has 0 bridgehead atoms. The zero-order valence-corrected chi connectivity index (χ0v) is 17.7. The lowest BCUT2D eigenvalue weighted by Crippen LogP contribution is -2.29. The van der Waals surface area contributed by atoms with E-state index >= 15 is 0 Å². The summed E-state index contributed by atoms with van der Waals surface area (Å²) in [5, 5.41) is 4.36. The van der Waals surface area contributed by atoms with Crippen LogP contribution in [0.4, 0.5) is 0 Å². The van der Waals surface area contributed by atoms with Crippen molar-refractivity contribution in [2.24, 2.45) is 0 Å². The van der Waals surface area contributed by atoms with Gasteiger partial charge >= 0.3 is 11.9 Å². The Balaban J connectivity index is 1.60. The van der Waals surface area contributed by atoms with Crippen molar-refractivity contribution in [1.82, 2.24) is 9.55 Å². The third-order valence-electron chi connectivity index (χ3n) is 4.47. The maximum Gasteiger partial charge on any atom is 0.337 e. The number of aryl methyl sites for hydroxylation is 1. The number of aromatic nitrogens is 2.